The normalized spacial score (nSPS) is 33.3. The molecular weight excluding hydrogens is 536 g/mol. The van der Waals surface area contributed by atoms with Gasteiger partial charge in [0.15, 0.2) is 0 Å². The summed E-state index contributed by atoms with van der Waals surface area (Å²) in [6.45, 7) is 3.23. The topological polar surface area (TPSA) is 87.1 Å². The number of hydrogen-bond donors (Lipinski definition) is 1. The highest BCUT2D eigenvalue weighted by Crippen LogP contribution is 2.65. The van der Waals surface area contributed by atoms with Crippen LogP contribution in [0.3, 0.4) is 0 Å². The Balaban J connectivity index is 1.58. The Morgan fingerprint density at radius 2 is 1.82 bits per heavy atom. The van der Waals surface area contributed by atoms with Crippen LogP contribution in [0.4, 0.5) is 5.69 Å². The van der Waals surface area contributed by atoms with Gasteiger partial charge in [-0.15, -0.1) is 11.8 Å². The third-order valence-electron chi connectivity index (χ3n) is 8.45. The molecule has 1 unspecified atom stereocenters. The number of likely N-dealkylation sites (tertiary alicyclic amines) is 1. The summed E-state index contributed by atoms with van der Waals surface area (Å²) >= 11 is 8.10. The molecule has 4 aliphatic rings. The predicted molar refractivity (Wildman–Crippen MR) is 154 cm³/mol. The smallest absolute Gasteiger partial charge is 0.311 e. The first-order valence-electron chi connectivity index (χ1n) is 14.0. The van der Waals surface area contributed by atoms with Gasteiger partial charge in [-0.2, -0.15) is 0 Å². The van der Waals surface area contributed by atoms with Crippen LogP contribution in [0.15, 0.2) is 48.6 Å². The van der Waals surface area contributed by atoms with Crippen molar-refractivity contribution in [3.05, 3.63) is 53.6 Å². The summed E-state index contributed by atoms with van der Waals surface area (Å²) in [6, 6.07) is 6.48. The fourth-order valence-electron chi connectivity index (χ4n) is 6.67. The Kier molecular flexibility index (Phi) is 8.45. The summed E-state index contributed by atoms with van der Waals surface area (Å²) in [7, 11) is 0. The van der Waals surface area contributed by atoms with E-state index in [1.165, 1.54) is 0 Å². The summed E-state index contributed by atoms with van der Waals surface area (Å²) in [4.78, 5) is 45.8. The Morgan fingerprint density at radius 1 is 1.03 bits per heavy atom. The van der Waals surface area contributed by atoms with Gasteiger partial charge in [-0.3, -0.25) is 14.4 Å². The number of allylic oxidation sites excluding steroid dienone is 1. The number of aliphatic hydroxyl groups is 1. The minimum absolute atomic E-state index is 0.138. The lowest BCUT2D eigenvalue weighted by Gasteiger charge is -2.37. The van der Waals surface area contributed by atoms with Crippen LogP contribution in [0, 0.1) is 11.8 Å². The fourth-order valence-corrected chi connectivity index (χ4v) is 9.06. The quantitative estimate of drug-likeness (QED) is 0.288. The molecule has 0 aromatic heterocycles. The Hall–Kier alpha value is -2.29. The Bertz CT molecular complexity index is 1170. The largest absolute Gasteiger partial charge is 0.465 e. The number of unbranched alkanes of at least 4 members (excludes halogenated alkanes) is 3. The van der Waals surface area contributed by atoms with Crippen molar-refractivity contribution in [2.24, 2.45) is 11.8 Å². The number of halogens is 1. The second kappa shape index (κ2) is 11.7. The van der Waals surface area contributed by atoms with Gasteiger partial charge in [0.2, 0.25) is 5.91 Å². The van der Waals surface area contributed by atoms with E-state index in [1.54, 1.807) is 27.6 Å². The molecule has 39 heavy (non-hydrogen) atoms. The number of esters is 1. The van der Waals surface area contributed by atoms with Crippen molar-refractivity contribution in [3.63, 3.8) is 0 Å². The summed E-state index contributed by atoms with van der Waals surface area (Å²) in [5, 5.41) is 9.63. The second-order valence-corrected chi connectivity index (χ2v) is 13.2. The molecule has 7 nitrogen and oxygen atoms in total. The maximum absolute atomic E-state index is 14.5. The molecule has 1 aromatic rings. The van der Waals surface area contributed by atoms with Gasteiger partial charge >= 0.3 is 5.97 Å². The van der Waals surface area contributed by atoms with Crippen LogP contribution in [-0.4, -0.2) is 69.6 Å². The van der Waals surface area contributed by atoms with E-state index < -0.39 is 27.4 Å². The minimum atomic E-state index is -0.911. The van der Waals surface area contributed by atoms with Crippen molar-refractivity contribution in [2.45, 2.75) is 67.4 Å². The van der Waals surface area contributed by atoms with Gasteiger partial charge in [0.1, 0.15) is 6.04 Å². The van der Waals surface area contributed by atoms with Crippen LogP contribution >= 0.6 is 23.4 Å². The lowest BCUT2D eigenvalue weighted by Crippen LogP contribution is -2.53. The number of carbonyl (C=O) groups excluding carboxylic acids is 3. The second-order valence-electron chi connectivity index (χ2n) is 11.0. The lowest BCUT2D eigenvalue weighted by molar-refractivity contribution is -0.154. The molecule has 2 fully saturated rings. The first-order valence-corrected chi connectivity index (χ1v) is 15.2. The molecule has 0 aliphatic carbocycles. The molecule has 0 bridgehead atoms. The van der Waals surface area contributed by atoms with Gasteiger partial charge in [0.05, 0.1) is 33.9 Å². The van der Waals surface area contributed by atoms with Crippen LogP contribution in [-0.2, 0) is 19.1 Å². The molecule has 4 heterocycles. The molecule has 0 radical (unpaired) electrons. The zero-order valence-corrected chi connectivity index (χ0v) is 24.0. The summed E-state index contributed by atoms with van der Waals surface area (Å²) in [5.74, 6) is -2.11. The Labute approximate surface area is 239 Å². The van der Waals surface area contributed by atoms with E-state index >= 15 is 0 Å². The van der Waals surface area contributed by atoms with Crippen molar-refractivity contribution in [3.8, 4) is 0 Å². The number of anilines is 1. The monoisotopic (exact) mass is 572 g/mol. The minimum Gasteiger partial charge on any atom is -0.465 e. The molecule has 4 aliphatic heterocycles. The fraction of sp³-hybridized carbons (Fsp3) is 0.567. The van der Waals surface area contributed by atoms with Crippen molar-refractivity contribution < 1.29 is 24.2 Å². The molecular formula is C30H37ClN2O5S. The van der Waals surface area contributed by atoms with Crippen LogP contribution < -0.4 is 4.90 Å². The van der Waals surface area contributed by atoms with E-state index in [1.807, 2.05) is 37.3 Å². The van der Waals surface area contributed by atoms with E-state index in [0.717, 1.165) is 32.1 Å². The number of hydrogen-bond acceptors (Lipinski definition) is 6. The van der Waals surface area contributed by atoms with Gasteiger partial charge in [0.25, 0.3) is 5.91 Å². The van der Waals surface area contributed by atoms with E-state index in [0.29, 0.717) is 43.2 Å². The number of nitrogens with zero attached hydrogens (tertiary/aromatic N) is 2. The van der Waals surface area contributed by atoms with Crippen LogP contribution in [0.2, 0.25) is 5.02 Å². The summed E-state index contributed by atoms with van der Waals surface area (Å²) < 4.78 is 4.14. The molecule has 9 heteroatoms. The highest BCUT2D eigenvalue weighted by atomic mass is 35.5. The average Bonchev–Trinajstić information content (AvgIpc) is 3.24. The Morgan fingerprint density at radius 3 is 2.62 bits per heavy atom. The number of fused-ring (bicyclic) bond motifs is 2. The number of para-hydroxylation sites is 1. The van der Waals surface area contributed by atoms with Crippen LogP contribution in [0.25, 0.3) is 0 Å². The van der Waals surface area contributed by atoms with Crippen molar-refractivity contribution in [1.82, 2.24) is 4.90 Å². The molecule has 210 valence electrons. The highest BCUT2D eigenvalue weighted by molar-refractivity contribution is 8.02. The first kappa shape index (κ1) is 28.2. The number of aliphatic hydroxyl groups excluding tert-OH is 1. The molecule has 0 saturated carbocycles. The van der Waals surface area contributed by atoms with E-state index in [2.05, 4.69) is 12.2 Å². The lowest BCUT2D eigenvalue weighted by atomic mass is 9.74. The third-order valence-corrected chi connectivity index (χ3v) is 10.6. The van der Waals surface area contributed by atoms with Crippen LogP contribution in [0.5, 0.6) is 0 Å². The van der Waals surface area contributed by atoms with Gasteiger partial charge in [0, 0.05) is 24.4 Å². The van der Waals surface area contributed by atoms with E-state index in [4.69, 9.17) is 21.4 Å². The number of amides is 2. The average molecular weight is 573 g/mol. The zero-order chi connectivity index (χ0) is 27.6. The third kappa shape index (κ3) is 5.04. The predicted octanol–water partition coefficient (Wildman–Crippen LogP) is 4.77. The molecule has 2 amide bonds. The SMILES string of the molecule is C[C@@]12/C=C\CCCCOC(=O)[C@@H]1[C@H]1C(=O)N(CCCCCCO)C3C(=O)N(c4ccccc4Cl)CC=C[C@@]31S2. The molecule has 2 saturated heterocycles. The van der Waals surface area contributed by atoms with Crippen molar-refractivity contribution >= 4 is 46.8 Å². The van der Waals surface area contributed by atoms with E-state index in [9.17, 15) is 14.4 Å². The molecule has 1 spiro atoms. The van der Waals surface area contributed by atoms with Gasteiger partial charge in [-0.05, 0) is 51.2 Å². The zero-order valence-electron chi connectivity index (χ0n) is 22.4. The molecule has 5 atom stereocenters. The highest BCUT2D eigenvalue weighted by Gasteiger charge is 2.73. The number of carbonyl (C=O) groups is 3. The first-order chi connectivity index (χ1) is 18.8. The molecule has 1 N–H and O–H groups in total. The molecule has 5 rings (SSSR count). The van der Waals surface area contributed by atoms with Crippen molar-refractivity contribution in [1.29, 1.82) is 0 Å². The van der Waals surface area contributed by atoms with Crippen molar-refractivity contribution in [2.75, 3.05) is 31.2 Å². The standard InChI is InChI=1S/C30H37ClN2O5S/c1-29-15-8-2-5-11-20-38-28(37)24(29)23-26(35)33(17-9-3-4-10-19-34)25-27(36)32(18-12-16-30(23,25)39-29)22-14-7-6-13-21(22)31/h6-8,12-16,23-25,34H,2-5,9-11,17-20H2,1H3/b15-8-/t23-,24-,25?,29+,30-/m0/s1. The maximum atomic E-state index is 14.5. The number of thioether (sulfide) groups is 1. The number of rotatable bonds is 7. The number of cyclic esters (lactones) is 1. The number of benzene rings is 1. The van der Waals surface area contributed by atoms with Crippen LogP contribution in [0.1, 0.15) is 51.9 Å². The van der Waals surface area contributed by atoms with Gasteiger partial charge in [-0.1, -0.05) is 60.9 Å². The van der Waals surface area contributed by atoms with Gasteiger partial charge in [-0.25, -0.2) is 0 Å². The summed E-state index contributed by atoms with van der Waals surface area (Å²) in [5.41, 5.74) is 0.608. The van der Waals surface area contributed by atoms with E-state index in [-0.39, 0.29) is 24.4 Å². The summed E-state index contributed by atoms with van der Waals surface area (Å²) in [6.07, 6.45) is 13.9. The molecule has 1 aromatic carbocycles. The maximum Gasteiger partial charge on any atom is 0.311 e. The van der Waals surface area contributed by atoms with Gasteiger partial charge < -0.3 is 19.6 Å². The number of ether oxygens (including phenoxy) is 1.